The first-order valence-corrected chi connectivity index (χ1v) is 6.11. The molecule has 1 aromatic heterocycles. The number of nitrogens with zero attached hydrogens (tertiary/aromatic N) is 1. The second kappa shape index (κ2) is 5.84. The lowest BCUT2D eigenvalue weighted by molar-refractivity contribution is -0.144. The van der Waals surface area contributed by atoms with E-state index < -0.39 is 12.7 Å². The molecule has 1 aromatic rings. The van der Waals surface area contributed by atoms with Crippen LogP contribution in [0.15, 0.2) is 6.07 Å². The fraction of sp³-hybridized carbons (Fsp3) is 0.636. The van der Waals surface area contributed by atoms with Gasteiger partial charge in [0, 0.05) is 22.8 Å². The van der Waals surface area contributed by atoms with E-state index in [0.29, 0.717) is 6.54 Å². The first kappa shape index (κ1) is 14.5. The van der Waals surface area contributed by atoms with E-state index in [0.717, 1.165) is 21.9 Å². The largest absolute Gasteiger partial charge is 0.401 e. The Morgan fingerprint density at radius 1 is 1.41 bits per heavy atom. The third-order valence-electron chi connectivity index (χ3n) is 2.31. The summed E-state index contributed by atoms with van der Waals surface area (Å²) < 4.78 is 36.6. The summed E-state index contributed by atoms with van der Waals surface area (Å²) in [6.45, 7) is 2.17. The molecule has 0 bridgehead atoms. The molecule has 0 saturated carbocycles. The first-order valence-electron chi connectivity index (χ1n) is 5.30. The van der Waals surface area contributed by atoms with Crippen LogP contribution in [0, 0.1) is 6.92 Å². The number of hydrogen-bond donors (Lipinski definition) is 1. The Labute approximate surface area is 103 Å². The molecule has 1 heterocycles. The van der Waals surface area contributed by atoms with Crippen LogP contribution in [0.25, 0.3) is 0 Å². The van der Waals surface area contributed by atoms with Crippen molar-refractivity contribution in [3.05, 3.63) is 21.4 Å². The highest BCUT2D eigenvalue weighted by molar-refractivity contribution is 7.12. The smallest absolute Gasteiger partial charge is 0.315 e. The van der Waals surface area contributed by atoms with Gasteiger partial charge >= 0.3 is 6.18 Å². The summed E-state index contributed by atoms with van der Waals surface area (Å²) in [6, 6.07) is 1.98. The quantitative estimate of drug-likeness (QED) is 0.881. The van der Waals surface area contributed by atoms with Crippen molar-refractivity contribution in [3.8, 4) is 0 Å². The minimum Gasteiger partial charge on any atom is -0.315 e. The molecule has 0 spiro atoms. The molecule has 0 aliphatic carbocycles. The van der Waals surface area contributed by atoms with Gasteiger partial charge in [0.15, 0.2) is 0 Å². The SMILES string of the molecule is CNCc1cc(CN(C)CC(F)(F)F)c(C)s1. The highest BCUT2D eigenvalue weighted by Crippen LogP contribution is 2.24. The van der Waals surface area contributed by atoms with Gasteiger partial charge in [-0.05, 0) is 32.6 Å². The molecular formula is C11H17F3N2S. The number of aryl methyl sites for hydroxylation is 1. The maximum Gasteiger partial charge on any atom is 0.401 e. The van der Waals surface area contributed by atoms with E-state index in [1.807, 2.05) is 20.0 Å². The van der Waals surface area contributed by atoms with Crippen LogP contribution < -0.4 is 5.32 Å². The van der Waals surface area contributed by atoms with E-state index in [9.17, 15) is 13.2 Å². The van der Waals surface area contributed by atoms with Crippen LogP contribution in [0.1, 0.15) is 15.3 Å². The zero-order chi connectivity index (χ0) is 13.1. The number of alkyl halides is 3. The molecule has 2 nitrogen and oxygen atoms in total. The third-order valence-corrected chi connectivity index (χ3v) is 3.40. The van der Waals surface area contributed by atoms with Gasteiger partial charge in [0.1, 0.15) is 0 Å². The van der Waals surface area contributed by atoms with E-state index in [2.05, 4.69) is 5.32 Å². The van der Waals surface area contributed by atoms with Crippen LogP contribution >= 0.6 is 11.3 Å². The molecule has 17 heavy (non-hydrogen) atoms. The molecule has 0 fully saturated rings. The molecule has 0 unspecified atom stereocenters. The number of hydrogen-bond acceptors (Lipinski definition) is 3. The van der Waals surface area contributed by atoms with Gasteiger partial charge in [-0.1, -0.05) is 0 Å². The van der Waals surface area contributed by atoms with Gasteiger partial charge in [-0.2, -0.15) is 13.2 Å². The summed E-state index contributed by atoms with van der Waals surface area (Å²) in [4.78, 5) is 3.53. The Kier molecular flexibility index (Phi) is 4.97. The van der Waals surface area contributed by atoms with Crippen molar-refractivity contribution in [1.82, 2.24) is 10.2 Å². The molecule has 0 aromatic carbocycles. The molecule has 1 rings (SSSR count). The molecular weight excluding hydrogens is 249 g/mol. The molecule has 0 amide bonds. The summed E-state index contributed by atoms with van der Waals surface area (Å²) in [5, 5.41) is 3.03. The van der Waals surface area contributed by atoms with E-state index in [1.54, 1.807) is 11.3 Å². The summed E-state index contributed by atoms with van der Waals surface area (Å²) in [5.41, 5.74) is 0.979. The van der Waals surface area contributed by atoms with Crippen molar-refractivity contribution in [2.75, 3.05) is 20.6 Å². The highest BCUT2D eigenvalue weighted by atomic mass is 32.1. The minimum absolute atomic E-state index is 0.339. The van der Waals surface area contributed by atoms with Crippen molar-refractivity contribution in [1.29, 1.82) is 0 Å². The molecule has 0 radical (unpaired) electrons. The molecule has 0 aliphatic rings. The van der Waals surface area contributed by atoms with E-state index >= 15 is 0 Å². The van der Waals surface area contributed by atoms with Gasteiger partial charge in [0.05, 0.1) is 6.54 Å². The molecule has 1 N–H and O–H groups in total. The van der Waals surface area contributed by atoms with Crippen LogP contribution in [0.4, 0.5) is 13.2 Å². The summed E-state index contributed by atoms with van der Waals surface area (Å²) in [5.74, 6) is 0. The Morgan fingerprint density at radius 2 is 2.06 bits per heavy atom. The average molecular weight is 266 g/mol. The van der Waals surface area contributed by atoms with Crippen molar-refractivity contribution in [2.24, 2.45) is 0 Å². The third kappa shape index (κ3) is 5.06. The predicted molar refractivity (Wildman–Crippen MR) is 64.2 cm³/mol. The highest BCUT2D eigenvalue weighted by Gasteiger charge is 2.29. The van der Waals surface area contributed by atoms with E-state index in [4.69, 9.17) is 0 Å². The lowest BCUT2D eigenvalue weighted by atomic mass is 10.2. The number of rotatable bonds is 5. The normalized spacial score (nSPS) is 12.4. The van der Waals surface area contributed by atoms with Gasteiger partial charge in [-0.3, -0.25) is 4.90 Å². The number of halogens is 3. The zero-order valence-corrected chi connectivity index (χ0v) is 11.0. The summed E-state index contributed by atoms with van der Waals surface area (Å²) >= 11 is 1.63. The second-order valence-corrected chi connectivity index (χ2v) is 5.45. The van der Waals surface area contributed by atoms with Crippen molar-refractivity contribution < 1.29 is 13.2 Å². The van der Waals surface area contributed by atoms with Gasteiger partial charge < -0.3 is 5.32 Å². The topological polar surface area (TPSA) is 15.3 Å². The maximum atomic E-state index is 12.2. The first-order chi connectivity index (χ1) is 7.81. The lowest BCUT2D eigenvalue weighted by Crippen LogP contribution is -2.30. The van der Waals surface area contributed by atoms with Gasteiger partial charge in [-0.15, -0.1) is 11.3 Å². The van der Waals surface area contributed by atoms with Gasteiger partial charge in [0.25, 0.3) is 0 Å². The number of thiophene rings is 1. The average Bonchev–Trinajstić information content (AvgIpc) is 2.44. The fourth-order valence-electron chi connectivity index (χ4n) is 1.66. The molecule has 0 atom stereocenters. The summed E-state index contributed by atoms with van der Waals surface area (Å²) in [7, 11) is 3.34. The second-order valence-electron chi connectivity index (χ2n) is 4.11. The monoisotopic (exact) mass is 266 g/mol. The lowest BCUT2D eigenvalue weighted by Gasteiger charge is -2.18. The van der Waals surface area contributed by atoms with Crippen LogP contribution in [0.5, 0.6) is 0 Å². The van der Waals surface area contributed by atoms with Crippen LogP contribution in [0.3, 0.4) is 0 Å². The van der Waals surface area contributed by atoms with E-state index in [1.165, 1.54) is 11.9 Å². The number of nitrogens with one attached hydrogen (secondary N) is 1. The van der Waals surface area contributed by atoms with Crippen LogP contribution in [-0.4, -0.2) is 31.7 Å². The van der Waals surface area contributed by atoms with Gasteiger partial charge in [-0.25, -0.2) is 0 Å². The van der Waals surface area contributed by atoms with Crippen LogP contribution in [-0.2, 0) is 13.1 Å². The van der Waals surface area contributed by atoms with Crippen LogP contribution in [0.2, 0.25) is 0 Å². The Hall–Kier alpha value is -0.590. The zero-order valence-electron chi connectivity index (χ0n) is 10.2. The summed E-state index contributed by atoms with van der Waals surface area (Å²) in [6.07, 6.45) is -4.13. The molecule has 0 saturated heterocycles. The van der Waals surface area contributed by atoms with Gasteiger partial charge in [0.2, 0.25) is 0 Å². The standard InChI is InChI=1S/C11H17F3N2S/c1-8-9(4-10(17-8)5-15-2)6-16(3)7-11(12,13)14/h4,15H,5-7H2,1-3H3. The molecule has 0 aliphatic heterocycles. The predicted octanol–water partition coefficient (Wildman–Crippen LogP) is 2.77. The van der Waals surface area contributed by atoms with Crippen molar-refractivity contribution in [3.63, 3.8) is 0 Å². The minimum atomic E-state index is -4.13. The maximum absolute atomic E-state index is 12.2. The molecule has 98 valence electrons. The Morgan fingerprint density at radius 3 is 2.59 bits per heavy atom. The van der Waals surface area contributed by atoms with E-state index in [-0.39, 0.29) is 0 Å². The Bertz CT molecular complexity index is 360. The molecule has 6 heteroatoms. The van der Waals surface area contributed by atoms with Crippen molar-refractivity contribution in [2.45, 2.75) is 26.2 Å². The van der Waals surface area contributed by atoms with Crippen molar-refractivity contribution >= 4 is 11.3 Å². The Balaban J connectivity index is 2.61. The fourth-order valence-corrected chi connectivity index (χ4v) is 2.72.